The van der Waals surface area contributed by atoms with Gasteiger partial charge in [0.25, 0.3) is 0 Å². The van der Waals surface area contributed by atoms with Crippen LogP contribution in [-0.4, -0.2) is 24.6 Å². The van der Waals surface area contributed by atoms with Crippen LogP contribution >= 0.6 is 0 Å². The van der Waals surface area contributed by atoms with Gasteiger partial charge in [0.1, 0.15) is 11.5 Å². The van der Waals surface area contributed by atoms with Gasteiger partial charge in [-0.2, -0.15) is 0 Å². The molecule has 21 heavy (non-hydrogen) atoms. The molecule has 0 unspecified atom stereocenters. The molecule has 5 nitrogen and oxygen atoms in total. The molecule has 0 N–H and O–H groups in total. The lowest BCUT2D eigenvalue weighted by molar-refractivity contribution is -0.111. The van der Waals surface area contributed by atoms with E-state index in [2.05, 4.69) is 5.16 Å². The Labute approximate surface area is 122 Å². The largest absolute Gasteiger partial charge is 0.497 e. The molecule has 1 aliphatic rings. The van der Waals surface area contributed by atoms with E-state index >= 15 is 0 Å². The Morgan fingerprint density at radius 2 is 1.90 bits per heavy atom. The number of methoxy groups -OCH3 is 1. The van der Waals surface area contributed by atoms with E-state index in [9.17, 15) is 9.59 Å². The highest BCUT2D eigenvalue weighted by molar-refractivity contribution is 6.21. The number of hydrogen-bond acceptors (Lipinski definition) is 5. The Balaban J connectivity index is 2.15. The number of rotatable bonds is 3. The fraction of sp³-hybridized carbons (Fsp3) is 0.188. The second-order valence-electron chi connectivity index (χ2n) is 4.53. The molecule has 1 aromatic carbocycles. The van der Waals surface area contributed by atoms with Crippen molar-refractivity contribution in [3.05, 3.63) is 53.1 Å². The van der Waals surface area contributed by atoms with Crippen LogP contribution in [0.1, 0.15) is 24.2 Å². The van der Waals surface area contributed by atoms with Gasteiger partial charge in [-0.05, 0) is 49.8 Å². The predicted octanol–water partition coefficient (Wildman–Crippen LogP) is 2.68. The van der Waals surface area contributed by atoms with Crippen molar-refractivity contribution in [2.75, 3.05) is 7.11 Å². The van der Waals surface area contributed by atoms with E-state index in [0.29, 0.717) is 28.2 Å². The first-order valence-corrected chi connectivity index (χ1v) is 6.36. The smallest absolute Gasteiger partial charge is 0.365 e. The average molecular weight is 285 g/mol. The van der Waals surface area contributed by atoms with Gasteiger partial charge in [-0.3, -0.25) is 4.79 Å². The van der Waals surface area contributed by atoms with Crippen LogP contribution in [-0.2, 0) is 9.63 Å². The molecule has 1 aromatic rings. The number of nitrogens with zero attached hydrogens (tertiary/aromatic N) is 1. The Kier molecular flexibility index (Phi) is 4.33. The highest BCUT2D eigenvalue weighted by Gasteiger charge is 2.15. The lowest BCUT2D eigenvalue weighted by Crippen LogP contribution is -2.12. The quantitative estimate of drug-likeness (QED) is 0.486. The van der Waals surface area contributed by atoms with Crippen molar-refractivity contribution < 1.29 is 19.2 Å². The molecule has 5 heteroatoms. The number of hydrogen-bond donors (Lipinski definition) is 0. The van der Waals surface area contributed by atoms with E-state index in [1.807, 2.05) is 0 Å². The van der Waals surface area contributed by atoms with E-state index < -0.39 is 5.97 Å². The number of carbonyl (C=O) groups is 2. The molecule has 0 bridgehead atoms. The summed E-state index contributed by atoms with van der Waals surface area (Å²) < 4.78 is 5.04. The van der Waals surface area contributed by atoms with Crippen molar-refractivity contribution in [3.63, 3.8) is 0 Å². The number of oxime groups is 1. The zero-order valence-corrected chi connectivity index (χ0v) is 12.0. The lowest BCUT2D eigenvalue weighted by Gasteiger charge is -2.09. The molecular weight excluding hydrogens is 270 g/mol. The minimum atomic E-state index is -0.586. The van der Waals surface area contributed by atoms with Crippen molar-refractivity contribution in [1.82, 2.24) is 0 Å². The fourth-order valence-electron chi connectivity index (χ4n) is 1.77. The van der Waals surface area contributed by atoms with Gasteiger partial charge in [0.15, 0.2) is 5.78 Å². The van der Waals surface area contributed by atoms with Crippen LogP contribution in [0.5, 0.6) is 5.75 Å². The molecular formula is C16H15NO4. The second-order valence-corrected chi connectivity index (χ2v) is 4.53. The van der Waals surface area contributed by atoms with Gasteiger partial charge in [0.2, 0.25) is 0 Å². The zero-order chi connectivity index (χ0) is 15.4. The van der Waals surface area contributed by atoms with Crippen LogP contribution < -0.4 is 4.74 Å². The first kappa shape index (κ1) is 14.7. The van der Waals surface area contributed by atoms with Crippen molar-refractivity contribution in [1.29, 1.82) is 0 Å². The highest BCUT2D eigenvalue weighted by atomic mass is 16.7. The van der Waals surface area contributed by atoms with Crippen LogP contribution in [0.25, 0.3) is 0 Å². The van der Waals surface area contributed by atoms with E-state index in [1.54, 1.807) is 38.1 Å². The fourth-order valence-corrected chi connectivity index (χ4v) is 1.77. The summed E-state index contributed by atoms with van der Waals surface area (Å²) in [5, 5.41) is 3.81. The first-order chi connectivity index (χ1) is 10.0. The molecule has 0 saturated heterocycles. The number of carbonyl (C=O) groups excluding carboxylic acids is 2. The molecule has 0 atom stereocenters. The third kappa shape index (κ3) is 3.25. The van der Waals surface area contributed by atoms with Gasteiger partial charge in [-0.15, -0.1) is 0 Å². The highest BCUT2D eigenvalue weighted by Crippen LogP contribution is 2.16. The minimum absolute atomic E-state index is 0.0643. The van der Waals surface area contributed by atoms with E-state index in [4.69, 9.17) is 9.57 Å². The van der Waals surface area contributed by atoms with Gasteiger partial charge in [-0.1, -0.05) is 11.2 Å². The van der Waals surface area contributed by atoms with E-state index in [-0.39, 0.29) is 5.78 Å². The minimum Gasteiger partial charge on any atom is -0.497 e. The number of benzene rings is 1. The van der Waals surface area contributed by atoms with Crippen molar-refractivity contribution >= 4 is 17.5 Å². The summed E-state index contributed by atoms with van der Waals surface area (Å²) in [4.78, 5) is 28.3. The maximum Gasteiger partial charge on any atom is 0.365 e. The molecule has 0 radical (unpaired) electrons. The SMILES string of the molecule is COc1cccc(C(=O)ON=C2C=CC(=O)C(C)=C2C)c1. The first-order valence-electron chi connectivity index (χ1n) is 6.36. The molecule has 2 rings (SSSR count). The maximum atomic E-state index is 11.9. The normalized spacial score (nSPS) is 16.3. The predicted molar refractivity (Wildman–Crippen MR) is 78.4 cm³/mol. The third-order valence-corrected chi connectivity index (χ3v) is 3.24. The molecule has 0 amide bonds. The molecule has 0 aromatic heterocycles. The van der Waals surface area contributed by atoms with Crippen LogP contribution in [0.2, 0.25) is 0 Å². The summed E-state index contributed by atoms with van der Waals surface area (Å²) in [7, 11) is 1.52. The van der Waals surface area contributed by atoms with E-state index in [0.717, 1.165) is 0 Å². The lowest BCUT2D eigenvalue weighted by atomic mass is 9.97. The Morgan fingerprint density at radius 1 is 1.14 bits per heavy atom. The molecule has 108 valence electrons. The van der Waals surface area contributed by atoms with Gasteiger partial charge in [0.05, 0.1) is 12.7 Å². The van der Waals surface area contributed by atoms with Crippen molar-refractivity contribution in [3.8, 4) is 5.75 Å². The molecule has 0 spiro atoms. The molecule has 0 saturated carbocycles. The van der Waals surface area contributed by atoms with Crippen LogP contribution in [0.15, 0.2) is 52.7 Å². The summed E-state index contributed by atoms with van der Waals surface area (Å²) in [5.74, 6) is -0.0880. The van der Waals surface area contributed by atoms with Gasteiger partial charge in [-0.25, -0.2) is 4.79 Å². The summed E-state index contributed by atoms with van der Waals surface area (Å²) in [6, 6.07) is 6.60. The maximum absolute atomic E-state index is 11.9. The summed E-state index contributed by atoms with van der Waals surface area (Å²) in [5.41, 5.74) is 2.09. The van der Waals surface area contributed by atoms with Gasteiger partial charge in [0, 0.05) is 5.57 Å². The van der Waals surface area contributed by atoms with Crippen LogP contribution in [0.4, 0.5) is 0 Å². The van der Waals surface area contributed by atoms with E-state index in [1.165, 1.54) is 19.3 Å². The second kappa shape index (κ2) is 6.17. The summed E-state index contributed by atoms with van der Waals surface area (Å²) >= 11 is 0. The third-order valence-electron chi connectivity index (χ3n) is 3.24. The Hall–Kier alpha value is -2.69. The standard InChI is InChI=1S/C16H15NO4/c1-10-11(2)15(18)8-7-14(10)17-21-16(19)12-5-4-6-13(9-12)20-3/h4-9H,1-3H3. The summed E-state index contributed by atoms with van der Waals surface area (Å²) in [6.07, 6.45) is 2.93. The molecule has 0 aliphatic heterocycles. The topological polar surface area (TPSA) is 65.0 Å². The molecule has 0 heterocycles. The number of allylic oxidation sites excluding steroid dienone is 4. The van der Waals surface area contributed by atoms with Crippen molar-refractivity contribution in [2.24, 2.45) is 5.16 Å². The Morgan fingerprint density at radius 3 is 2.62 bits per heavy atom. The zero-order valence-electron chi connectivity index (χ0n) is 12.0. The summed E-state index contributed by atoms with van der Waals surface area (Å²) in [6.45, 7) is 3.47. The Bertz CT molecular complexity index is 683. The van der Waals surface area contributed by atoms with Gasteiger partial charge >= 0.3 is 5.97 Å². The van der Waals surface area contributed by atoms with Crippen LogP contribution in [0.3, 0.4) is 0 Å². The number of ether oxygens (including phenoxy) is 1. The van der Waals surface area contributed by atoms with Gasteiger partial charge < -0.3 is 9.57 Å². The molecule has 1 aliphatic carbocycles. The monoisotopic (exact) mass is 285 g/mol. The van der Waals surface area contributed by atoms with Crippen molar-refractivity contribution in [2.45, 2.75) is 13.8 Å². The number of ketones is 1. The average Bonchev–Trinajstić information content (AvgIpc) is 2.51. The van der Waals surface area contributed by atoms with Crippen LogP contribution in [0, 0.1) is 0 Å². The molecule has 0 fully saturated rings.